The lowest BCUT2D eigenvalue weighted by atomic mass is 10.2. The molecule has 1 aliphatic heterocycles. The van der Waals surface area contributed by atoms with E-state index in [1.54, 1.807) is 22.9 Å². The zero-order chi connectivity index (χ0) is 12.4. The summed E-state index contributed by atoms with van der Waals surface area (Å²) in [6, 6.07) is 10.9. The minimum Gasteiger partial charge on any atom is -0.486 e. The van der Waals surface area contributed by atoms with Gasteiger partial charge in [0.2, 0.25) is 0 Å². The van der Waals surface area contributed by atoms with Crippen molar-refractivity contribution in [3.8, 4) is 11.5 Å². The van der Waals surface area contributed by atoms with Gasteiger partial charge < -0.3 is 14.0 Å². The molecule has 92 valence electrons. The second kappa shape index (κ2) is 4.56. The summed E-state index contributed by atoms with van der Waals surface area (Å²) in [6.07, 6.45) is 1.78. The number of fused-ring (bicyclic) bond motifs is 1. The highest BCUT2D eigenvalue weighted by molar-refractivity contribution is 5.43. The minimum atomic E-state index is -0.00705. The first-order valence-electron chi connectivity index (χ1n) is 5.87. The van der Waals surface area contributed by atoms with Crippen molar-refractivity contribution in [2.24, 2.45) is 0 Å². The summed E-state index contributed by atoms with van der Waals surface area (Å²) in [6.45, 7) is 1.70. The molecule has 3 rings (SSSR count). The topological polar surface area (TPSA) is 40.5 Å². The van der Waals surface area contributed by atoms with Crippen molar-refractivity contribution in [3.05, 3.63) is 58.5 Å². The van der Waals surface area contributed by atoms with Crippen LogP contribution in [-0.2, 0) is 6.54 Å². The molecular formula is C14H13NO3. The molecule has 2 aromatic rings. The second-order valence-corrected chi connectivity index (χ2v) is 4.14. The van der Waals surface area contributed by atoms with Crippen LogP contribution >= 0.6 is 0 Å². The Hall–Kier alpha value is -2.23. The molecule has 0 spiro atoms. The maximum absolute atomic E-state index is 11.6. The summed E-state index contributed by atoms with van der Waals surface area (Å²) in [5.74, 6) is 1.52. The fourth-order valence-electron chi connectivity index (χ4n) is 1.97. The van der Waals surface area contributed by atoms with Crippen LogP contribution in [-0.4, -0.2) is 17.8 Å². The molecule has 0 unspecified atom stereocenters. The Morgan fingerprint density at radius 3 is 2.72 bits per heavy atom. The fourth-order valence-corrected chi connectivity index (χ4v) is 1.97. The molecule has 0 saturated heterocycles. The van der Waals surface area contributed by atoms with Crippen molar-refractivity contribution < 1.29 is 9.47 Å². The van der Waals surface area contributed by atoms with Gasteiger partial charge in [0.1, 0.15) is 13.2 Å². The molecule has 1 aliphatic rings. The quantitative estimate of drug-likeness (QED) is 0.805. The fraction of sp³-hybridized carbons (Fsp3) is 0.214. The van der Waals surface area contributed by atoms with E-state index in [2.05, 4.69) is 0 Å². The molecule has 0 saturated carbocycles. The predicted molar refractivity (Wildman–Crippen MR) is 67.2 cm³/mol. The van der Waals surface area contributed by atoms with Crippen LogP contribution < -0.4 is 15.0 Å². The van der Waals surface area contributed by atoms with E-state index in [1.807, 2.05) is 24.3 Å². The lowest BCUT2D eigenvalue weighted by Gasteiger charge is -2.19. The Balaban J connectivity index is 1.90. The summed E-state index contributed by atoms with van der Waals surface area (Å²) in [4.78, 5) is 11.6. The third kappa shape index (κ3) is 2.09. The van der Waals surface area contributed by atoms with Crippen LogP contribution in [0.5, 0.6) is 11.5 Å². The number of rotatable bonds is 2. The van der Waals surface area contributed by atoms with Crippen LogP contribution in [0.25, 0.3) is 0 Å². The maximum Gasteiger partial charge on any atom is 0.250 e. The van der Waals surface area contributed by atoms with Crippen molar-refractivity contribution in [3.63, 3.8) is 0 Å². The Kier molecular flexibility index (Phi) is 2.76. The summed E-state index contributed by atoms with van der Waals surface area (Å²) in [5.41, 5.74) is 1.01. The van der Waals surface area contributed by atoms with Crippen LogP contribution in [0.3, 0.4) is 0 Å². The highest BCUT2D eigenvalue weighted by Crippen LogP contribution is 2.30. The molecule has 2 heterocycles. The van der Waals surface area contributed by atoms with Gasteiger partial charge in [0.25, 0.3) is 5.56 Å². The van der Waals surface area contributed by atoms with E-state index in [4.69, 9.17) is 9.47 Å². The van der Waals surface area contributed by atoms with Crippen LogP contribution in [0.4, 0.5) is 0 Å². The molecule has 4 heteroatoms. The summed E-state index contributed by atoms with van der Waals surface area (Å²) >= 11 is 0. The van der Waals surface area contributed by atoms with Crippen molar-refractivity contribution >= 4 is 0 Å². The standard InChI is InChI=1S/C14H13NO3/c16-14-3-1-2-6-15(14)10-11-4-5-12-13(9-11)18-8-7-17-12/h1-6,9H,7-8,10H2. The van der Waals surface area contributed by atoms with E-state index in [-0.39, 0.29) is 5.56 Å². The molecule has 0 fully saturated rings. The van der Waals surface area contributed by atoms with E-state index in [9.17, 15) is 4.79 Å². The predicted octanol–water partition coefficient (Wildman–Crippen LogP) is 1.67. The molecule has 1 aromatic heterocycles. The normalized spacial score (nSPS) is 13.3. The van der Waals surface area contributed by atoms with E-state index >= 15 is 0 Å². The third-order valence-corrected chi connectivity index (χ3v) is 2.86. The van der Waals surface area contributed by atoms with Crippen LogP contribution in [0, 0.1) is 0 Å². The molecule has 0 amide bonds. The molecule has 18 heavy (non-hydrogen) atoms. The average Bonchev–Trinajstić information content (AvgIpc) is 2.41. The lowest BCUT2D eigenvalue weighted by molar-refractivity contribution is 0.171. The zero-order valence-corrected chi connectivity index (χ0v) is 9.83. The van der Waals surface area contributed by atoms with E-state index in [0.717, 1.165) is 17.1 Å². The van der Waals surface area contributed by atoms with Crippen molar-refractivity contribution in [1.82, 2.24) is 4.57 Å². The van der Waals surface area contributed by atoms with Gasteiger partial charge in [-0.15, -0.1) is 0 Å². The van der Waals surface area contributed by atoms with E-state index in [0.29, 0.717) is 19.8 Å². The average molecular weight is 243 g/mol. The van der Waals surface area contributed by atoms with Gasteiger partial charge >= 0.3 is 0 Å². The van der Waals surface area contributed by atoms with Gasteiger partial charge in [-0.25, -0.2) is 0 Å². The van der Waals surface area contributed by atoms with E-state index < -0.39 is 0 Å². The number of hydrogen-bond donors (Lipinski definition) is 0. The number of benzene rings is 1. The highest BCUT2D eigenvalue weighted by Gasteiger charge is 2.11. The Labute approximate surface area is 104 Å². The van der Waals surface area contributed by atoms with Crippen LogP contribution in [0.2, 0.25) is 0 Å². The largest absolute Gasteiger partial charge is 0.486 e. The second-order valence-electron chi connectivity index (χ2n) is 4.14. The van der Waals surface area contributed by atoms with Crippen molar-refractivity contribution in [2.45, 2.75) is 6.54 Å². The molecule has 4 nitrogen and oxygen atoms in total. The number of ether oxygens (including phenoxy) is 2. The SMILES string of the molecule is O=c1ccccn1Cc1ccc2c(c1)OCCO2. The van der Waals surface area contributed by atoms with E-state index in [1.165, 1.54) is 0 Å². The Morgan fingerprint density at radius 2 is 1.89 bits per heavy atom. The molecule has 0 radical (unpaired) electrons. The van der Waals surface area contributed by atoms with Crippen molar-refractivity contribution in [2.75, 3.05) is 13.2 Å². The first kappa shape index (κ1) is 10.9. The smallest absolute Gasteiger partial charge is 0.250 e. The van der Waals surface area contributed by atoms with Gasteiger partial charge in [-0.1, -0.05) is 12.1 Å². The van der Waals surface area contributed by atoms with Gasteiger partial charge in [-0.2, -0.15) is 0 Å². The number of hydrogen-bond acceptors (Lipinski definition) is 3. The van der Waals surface area contributed by atoms with Gasteiger partial charge in [0.15, 0.2) is 11.5 Å². The van der Waals surface area contributed by atoms with Crippen LogP contribution in [0.15, 0.2) is 47.4 Å². The minimum absolute atomic E-state index is 0.00705. The van der Waals surface area contributed by atoms with Crippen molar-refractivity contribution in [1.29, 1.82) is 0 Å². The Morgan fingerprint density at radius 1 is 1.06 bits per heavy atom. The summed E-state index contributed by atoms with van der Waals surface area (Å²) in [5, 5.41) is 0. The molecule has 0 N–H and O–H groups in total. The van der Waals surface area contributed by atoms with Gasteiger partial charge in [0, 0.05) is 12.3 Å². The number of pyridine rings is 1. The molecule has 0 bridgehead atoms. The number of nitrogens with zero attached hydrogens (tertiary/aromatic N) is 1. The van der Waals surface area contributed by atoms with Gasteiger partial charge in [0.05, 0.1) is 6.54 Å². The first-order valence-corrected chi connectivity index (χ1v) is 5.87. The van der Waals surface area contributed by atoms with Gasteiger partial charge in [-0.3, -0.25) is 4.79 Å². The van der Waals surface area contributed by atoms with Gasteiger partial charge in [-0.05, 0) is 23.8 Å². The zero-order valence-electron chi connectivity index (χ0n) is 9.83. The molecule has 0 aliphatic carbocycles. The summed E-state index contributed by atoms with van der Waals surface area (Å²) < 4.78 is 12.6. The monoisotopic (exact) mass is 243 g/mol. The summed E-state index contributed by atoms with van der Waals surface area (Å²) in [7, 11) is 0. The maximum atomic E-state index is 11.6. The molecule has 0 atom stereocenters. The third-order valence-electron chi connectivity index (χ3n) is 2.86. The molecule has 1 aromatic carbocycles. The first-order chi connectivity index (χ1) is 8.83. The molecular weight excluding hydrogens is 230 g/mol. The number of aromatic nitrogens is 1. The Bertz CT molecular complexity index is 618. The van der Waals surface area contributed by atoms with Crippen LogP contribution in [0.1, 0.15) is 5.56 Å². The highest BCUT2D eigenvalue weighted by atomic mass is 16.6. The lowest BCUT2D eigenvalue weighted by Crippen LogP contribution is -2.19.